The van der Waals surface area contributed by atoms with E-state index in [1.54, 1.807) is 0 Å². The van der Waals surface area contributed by atoms with Gasteiger partial charge in [-0.25, -0.2) is 4.98 Å². The van der Waals surface area contributed by atoms with E-state index in [-0.39, 0.29) is 0 Å². The van der Waals surface area contributed by atoms with E-state index in [0.29, 0.717) is 0 Å². The zero-order chi connectivity index (χ0) is 13.1. The van der Waals surface area contributed by atoms with Crippen LogP contribution in [0, 0.1) is 0 Å². The highest BCUT2D eigenvalue weighted by Crippen LogP contribution is 2.27. The molecule has 0 amide bonds. The maximum Gasteiger partial charge on any atom is 0.142 e. The molecule has 2 saturated heterocycles. The Bertz CT molecular complexity index is 415. The van der Waals surface area contributed by atoms with Crippen LogP contribution in [0.2, 0.25) is 0 Å². The summed E-state index contributed by atoms with van der Waals surface area (Å²) >= 11 is 5.70. The minimum Gasteiger partial charge on any atom is -0.356 e. The van der Waals surface area contributed by atoms with Crippen LogP contribution in [0.15, 0.2) is 22.8 Å². The third-order valence-electron chi connectivity index (χ3n) is 4.07. The largest absolute Gasteiger partial charge is 0.356 e. The number of pyridine rings is 1. The summed E-state index contributed by atoms with van der Waals surface area (Å²) < 4.78 is 1.11. The molecule has 0 radical (unpaired) electrons. The molecule has 2 aliphatic heterocycles. The first-order valence-electron chi connectivity index (χ1n) is 7.02. The van der Waals surface area contributed by atoms with Gasteiger partial charge in [0.25, 0.3) is 0 Å². The van der Waals surface area contributed by atoms with E-state index in [4.69, 9.17) is 0 Å². The van der Waals surface area contributed by atoms with E-state index < -0.39 is 0 Å². The van der Waals surface area contributed by atoms with Gasteiger partial charge in [0.15, 0.2) is 0 Å². The van der Waals surface area contributed by atoms with Crippen molar-refractivity contribution in [2.75, 3.05) is 42.6 Å². The first kappa shape index (κ1) is 13.7. The van der Waals surface area contributed by atoms with Crippen LogP contribution in [-0.2, 0) is 0 Å². The van der Waals surface area contributed by atoms with E-state index in [2.05, 4.69) is 48.5 Å². The number of anilines is 1. The van der Waals surface area contributed by atoms with Gasteiger partial charge in [0.05, 0.1) is 4.47 Å². The zero-order valence-corrected chi connectivity index (χ0v) is 13.5. The molecule has 1 aromatic rings. The fraction of sp³-hybridized carbons (Fsp3) is 0.643. The van der Waals surface area contributed by atoms with Crippen LogP contribution in [0.1, 0.15) is 12.8 Å². The van der Waals surface area contributed by atoms with Crippen molar-refractivity contribution in [2.45, 2.75) is 18.9 Å². The number of hydrogen-bond donors (Lipinski definition) is 0. The number of aromatic nitrogens is 1. The van der Waals surface area contributed by atoms with E-state index in [0.717, 1.165) is 29.4 Å². The van der Waals surface area contributed by atoms with E-state index >= 15 is 0 Å². The van der Waals surface area contributed by atoms with Crippen molar-refractivity contribution in [3.05, 3.63) is 22.8 Å². The number of nitrogens with zero attached hydrogens (tertiary/aromatic N) is 3. The Morgan fingerprint density at radius 3 is 2.58 bits per heavy atom. The summed E-state index contributed by atoms with van der Waals surface area (Å²) in [7, 11) is 0. The Labute approximate surface area is 127 Å². The van der Waals surface area contributed by atoms with Crippen molar-refractivity contribution >= 4 is 33.5 Å². The SMILES string of the molecule is Brc1cccnc1N1CCC(N2CCSCC2)CC1. The summed E-state index contributed by atoms with van der Waals surface area (Å²) in [6.07, 6.45) is 4.43. The number of halogens is 1. The van der Waals surface area contributed by atoms with Gasteiger partial charge in [-0.15, -0.1) is 0 Å². The van der Waals surface area contributed by atoms with Gasteiger partial charge < -0.3 is 4.90 Å². The van der Waals surface area contributed by atoms with Crippen molar-refractivity contribution in [1.82, 2.24) is 9.88 Å². The molecule has 5 heteroatoms. The minimum absolute atomic E-state index is 0.791. The lowest BCUT2D eigenvalue weighted by molar-refractivity contribution is 0.185. The van der Waals surface area contributed by atoms with Gasteiger partial charge >= 0.3 is 0 Å². The Kier molecular flexibility index (Phi) is 4.66. The van der Waals surface area contributed by atoms with Crippen LogP contribution in [0.4, 0.5) is 5.82 Å². The second-order valence-electron chi connectivity index (χ2n) is 5.18. The quantitative estimate of drug-likeness (QED) is 0.823. The number of thioether (sulfide) groups is 1. The second kappa shape index (κ2) is 6.46. The summed E-state index contributed by atoms with van der Waals surface area (Å²) in [6.45, 7) is 4.82. The Morgan fingerprint density at radius 2 is 1.89 bits per heavy atom. The fourth-order valence-electron chi connectivity index (χ4n) is 3.00. The van der Waals surface area contributed by atoms with Crippen molar-refractivity contribution in [2.24, 2.45) is 0 Å². The average Bonchev–Trinajstić information content (AvgIpc) is 2.49. The molecule has 0 saturated carbocycles. The van der Waals surface area contributed by atoms with E-state index in [9.17, 15) is 0 Å². The third-order valence-corrected chi connectivity index (χ3v) is 5.63. The monoisotopic (exact) mass is 341 g/mol. The van der Waals surface area contributed by atoms with E-state index in [1.165, 1.54) is 37.4 Å². The van der Waals surface area contributed by atoms with Gasteiger partial charge in [0.2, 0.25) is 0 Å². The zero-order valence-electron chi connectivity index (χ0n) is 11.1. The molecule has 0 bridgehead atoms. The normalized spacial score (nSPS) is 22.7. The molecule has 0 spiro atoms. The summed E-state index contributed by atoms with van der Waals surface area (Å²) in [5.74, 6) is 3.73. The molecule has 104 valence electrons. The predicted molar refractivity (Wildman–Crippen MR) is 86.1 cm³/mol. The minimum atomic E-state index is 0.791. The lowest BCUT2D eigenvalue weighted by atomic mass is 10.0. The number of rotatable bonds is 2. The van der Waals surface area contributed by atoms with Gasteiger partial charge in [-0.05, 0) is 40.9 Å². The highest BCUT2D eigenvalue weighted by Gasteiger charge is 2.26. The third kappa shape index (κ3) is 3.26. The molecule has 2 aliphatic rings. The molecular formula is C14H20BrN3S. The molecule has 0 N–H and O–H groups in total. The van der Waals surface area contributed by atoms with Crippen LogP contribution in [0.5, 0.6) is 0 Å². The van der Waals surface area contributed by atoms with Crippen molar-refractivity contribution < 1.29 is 0 Å². The lowest BCUT2D eigenvalue weighted by Crippen LogP contribution is -2.48. The van der Waals surface area contributed by atoms with Gasteiger partial charge in [0, 0.05) is 49.9 Å². The lowest BCUT2D eigenvalue weighted by Gasteiger charge is -2.40. The van der Waals surface area contributed by atoms with Crippen molar-refractivity contribution in [3.8, 4) is 0 Å². The average molecular weight is 342 g/mol. The summed E-state index contributed by atoms with van der Waals surface area (Å²) in [5, 5.41) is 0. The maximum absolute atomic E-state index is 4.50. The molecule has 3 rings (SSSR count). The van der Waals surface area contributed by atoms with E-state index in [1.807, 2.05) is 12.3 Å². The van der Waals surface area contributed by atoms with Crippen LogP contribution >= 0.6 is 27.7 Å². The predicted octanol–water partition coefficient (Wildman–Crippen LogP) is 2.86. The van der Waals surface area contributed by atoms with Gasteiger partial charge in [-0.1, -0.05) is 0 Å². The number of hydrogen-bond acceptors (Lipinski definition) is 4. The Hall–Kier alpha value is -0.260. The van der Waals surface area contributed by atoms with Crippen LogP contribution in [0.25, 0.3) is 0 Å². The summed E-state index contributed by atoms with van der Waals surface area (Å²) in [6, 6.07) is 4.85. The van der Waals surface area contributed by atoms with Gasteiger partial charge in [-0.3, -0.25) is 4.90 Å². The molecule has 0 atom stereocenters. The summed E-state index contributed by atoms with van der Waals surface area (Å²) in [4.78, 5) is 9.61. The van der Waals surface area contributed by atoms with Gasteiger partial charge in [0.1, 0.15) is 5.82 Å². The van der Waals surface area contributed by atoms with Crippen LogP contribution in [-0.4, -0.2) is 53.6 Å². The van der Waals surface area contributed by atoms with Crippen LogP contribution < -0.4 is 4.90 Å². The molecule has 1 aromatic heterocycles. The van der Waals surface area contributed by atoms with Crippen molar-refractivity contribution in [1.29, 1.82) is 0 Å². The molecule has 0 aliphatic carbocycles. The highest BCUT2D eigenvalue weighted by molar-refractivity contribution is 9.10. The fourth-order valence-corrected chi connectivity index (χ4v) is 4.43. The molecule has 0 aromatic carbocycles. The first-order valence-corrected chi connectivity index (χ1v) is 8.96. The van der Waals surface area contributed by atoms with Gasteiger partial charge in [-0.2, -0.15) is 11.8 Å². The Balaban J connectivity index is 1.58. The molecule has 3 nitrogen and oxygen atoms in total. The first-order chi connectivity index (χ1) is 9.34. The molecule has 3 heterocycles. The molecule has 0 unspecified atom stereocenters. The number of piperidine rings is 1. The molecular weight excluding hydrogens is 322 g/mol. The second-order valence-corrected chi connectivity index (χ2v) is 7.25. The molecule has 19 heavy (non-hydrogen) atoms. The van der Waals surface area contributed by atoms with Crippen molar-refractivity contribution in [3.63, 3.8) is 0 Å². The smallest absolute Gasteiger partial charge is 0.142 e. The molecule has 2 fully saturated rings. The standard InChI is InChI=1S/C14H20BrN3S/c15-13-2-1-5-16-14(13)18-6-3-12(4-7-18)17-8-10-19-11-9-17/h1-2,5,12H,3-4,6-11H2. The maximum atomic E-state index is 4.50. The Morgan fingerprint density at radius 1 is 1.16 bits per heavy atom. The van der Waals surface area contributed by atoms with Crippen LogP contribution in [0.3, 0.4) is 0 Å². The summed E-state index contributed by atoms with van der Waals surface area (Å²) in [5.41, 5.74) is 0. The highest BCUT2D eigenvalue weighted by atomic mass is 79.9. The topological polar surface area (TPSA) is 19.4 Å².